The van der Waals surface area contributed by atoms with Gasteiger partial charge in [-0.15, -0.1) is 0 Å². The van der Waals surface area contributed by atoms with E-state index in [4.69, 9.17) is 188 Å². The summed E-state index contributed by atoms with van der Waals surface area (Å²) in [7, 11) is 0. The molecule has 0 spiro atoms. The number of halogens is 13. The number of carbonyl (C=O) groups is 3. The number of nitrogens with two attached hydrogens (primary N) is 4. The van der Waals surface area contributed by atoms with Crippen LogP contribution in [0.25, 0.3) is 22.3 Å². The maximum atomic E-state index is 12.6. The molecule has 2 fully saturated rings. The smallest absolute Gasteiger partial charge is 0.410 e. The molecule has 2 aliphatic rings. The molecule has 0 aliphatic carbocycles. The zero-order chi connectivity index (χ0) is 108. The highest BCUT2D eigenvalue weighted by atomic mass is 35.5. The second kappa shape index (κ2) is 58.5. The Labute approximate surface area is 913 Å². The monoisotopic (exact) mass is 2280 g/mol. The lowest BCUT2D eigenvalue weighted by Gasteiger charge is -2.24. The van der Waals surface area contributed by atoms with Gasteiger partial charge in [0, 0.05) is 149 Å². The van der Waals surface area contributed by atoms with Crippen molar-refractivity contribution >= 4 is 237 Å². The lowest BCUT2D eigenvalue weighted by atomic mass is 10.0. The van der Waals surface area contributed by atoms with Crippen LogP contribution in [-0.4, -0.2) is 164 Å². The number of aromatic amines is 2. The van der Waals surface area contributed by atoms with Crippen molar-refractivity contribution in [3.63, 3.8) is 0 Å². The Kier molecular flexibility index (Phi) is 48.4. The predicted molar refractivity (Wildman–Crippen MR) is 588 cm³/mol. The van der Waals surface area contributed by atoms with E-state index in [1.54, 1.807) is 113 Å². The van der Waals surface area contributed by atoms with Crippen molar-refractivity contribution in [1.82, 2.24) is 54.2 Å². The van der Waals surface area contributed by atoms with Crippen molar-refractivity contribution in [2.45, 2.75) is 150 Å². The summed E-state index contributed by atoms with van der Waals surface area (Å²) in [4.78, 5) is 120. The van der Waals surface area contributed by atoms with E-state index in [0.29, 0.717) is 170 Å². The predicted octanol–water partition coefficient (Wildman–Crippen LogP) is 22.8. The topological polar surface area (TPSA) is 528 Å². The van der Waals surface area contributed by atoms with Gasteiger partial charge >= 0.3 is 46.5 Å². The first-order chi connectivity index (χ1) is 69.4. The Bertz CT molecular complexity index is 6520. The third-order valence-corrected chi connectivity index (χ3v) is 25.6. The van der Waals surface area contributed by atoms with Crippen molar-refractivity contribution in [1.29, 1.82) is 0 Å². The number of nitro groups is 3. The number of esters is 2. The van der Waals surface area contributed by atoms with Gasteiger partial charge in [-0.2, -0.15) is 0 Å². The molecule has 5 aromatic carbocycles. The van der Waals surface area contributed by atoms with E-state index in [2.05, 4.69) is 66.8 Å². The summed E-state index contributed by atoms with van der Waals surface area (Å²) in [5, 5.41) is 56.6. The highest BCUT2D eigenvalue weighted by Gasteiger charge is 2.31. The van der Waals surface area contributed by atoms with Crippen LogP contribution in [0.1, 0.15) is 129 Å². The normalized spacial score (nSPS) is 13.6. The van der Waals surface area contributed by atoms with E-state index in [9.17, 15) is 54.3 Å². The molecule has 0 unspecified atom stereocenters. The number of pyridine rings is 5. The van der Waals surface area contributed by atoms with Crippen molar-refractivity contribution in [3.05, 3.63) is 296 Å². The van der Waals surface area contributed by atoms with Crippen LogP contribution in [0.3, 0.4) is 0 Å². The number of nitrogens with zero attached hydrogens (tertiary/aromatic N) is 11. The largest absolute Gasteiger partial charge is 0.460 e. The van der Waals surface area contributed by atoms with Gasteiger partial charge in [0.05, 0.1) is 51.7 Å². The fraction of sp³-hybridized carbons (Fsp3) is 0.381. The first-order valence-electron chi connectivity index (χ1n) is 45.8. The second-order valence-electron chi connectivity index (χ2n) is 36.1. The van der Waals surface area contributed by atoms with Crippen molar-refractivity contribution in [3.8, 4) is 0 Å². The summed E-state index contributed by atoms with van der Waals surface area (Å²) in [5.41, 5.74) is 25.5. The zero-order valence-corrected chi connectivity index (χ0v) is 91.3. The quantitative estimate of drug-likeness (QED) is 0.00612. The number of ether oxygens (including phenoxy) is 3. The third-order valence-electron chi connectivity index (χ3n) is 21.4. The number of nitrogens with one attached hydrogen (secondary N) is 8. The number of amides is 1. The maximum absolute atomic E-state index is 12.6. The van der Waals surface area contributed by atoms with Crippen LogP contribution < -0.4 is 66.2 Å². The summed E-state index contributed by atoms with van der Waals surface area (Å²) in [6.07, 6.45) is 3.66. The number of fused-ring (bicyclic) bond motifs is 2. The molecule has 0 saturated carbocycles. The molecule has 9 heterocycles. The Morgan fingerprint density at radius 2 is 0.810 bits per heavy atom. The van der Waals surface area contributed by atoms with Gasteiger partial charge < -0.3 is 83.9 Å². The third kappa shape index (κ3) is 39.7. The fourth-order valence-electron chi connectivity index (χ4n) is 14.2. The number of hydrogen-bond donors (Lipinski definition) is 12. The lowest BCUT2D eigenvalue weighted by Crippen LogP contribution is -2.35. The standard InChI is InChI=1S/C23H29Cl2N5O3.C22H29Cl2N5O4.C18H19Cl2N5O.C12H8Cl3N3O2.C10H20N2O2.C7H7Cl2N.C5H2Cl2N2O2/c1-23(2,3)33-20(31)11-14(9-10-26)12-27-19-8-7-18-21(29-19)30(22(32)28-18)13-15-16(24)5-4-6-17(15)25;1-22(2,3)33-20(30)11-14(9-10-25)12-26-19-8-7-18(29(31)32)21(28-19)27-13-15-16(23)5-4-6-17(15)24;19-13-2-1-3-14(20)12(13)10-25-17-15(23-18(25)26)4-5-16(24-17)22-9-11-6-7-21-8-11;13-8-2-1-3-9(14)7(8)6-16-12-10(18(19)20)4-5-11(15)17-12;1-10(2,3)14-9(13)12-5-4-8(6-11)7-12;8-6-2-1-3-7(9)5(6)4-10;6-4-2-1-3(9(10)11)5(7)8-4/h4-8,14H,9-13,26H2,1-3H3,(H,27,29)(H,28,32);4-8,14H,9-13,25H2,1-3H3,(H2,26,27,28);1-5,11,21H,6-10H2,(H,22,24)(H,23,26);1-5H,6H2,(H,16,17);8H,4-7,11H2,1-3H3;1-3H,4,10H2;1-2H/t2*14-;11-;;8-;;/m111.0../s1. The van der Waals surface area contributed by atoms with Crippen LogP contribution in [-0.2, 0) is 56.5 Å². The number of imidazole rings is 2. The molecule has 147 heavy (non-hydrogen) atoms. The van der Waals surface area contributed by atoms with E-state index in [1.165, 1.54) is 41.0 Å². The number of hydrogen-bond acceptors (Lipinski definition) is 29. The summed E-state index contributed by atoms with van der Waals surface area (Å²) >= 11 is 77.6. The molecule has 14 rings (SSSR count). The molecule has 12 aromatic rings. The second-order valence-corrected chi connectivity index (χ2v) is 41.4. The maximum Gasteiger partial charge on any atom is 0.410 e. The first kappa shape index (κ1) is 122. The number of carbonyl (C=O) groups excluding carboxylic acids is 3. The van der Waals surface area contributed by atoms with Gasteiger partial charge in [0.2, 0.25) is 16.8 Å². The van der Waals surface area contributed by atoms with Crippen LogP contribution in [0.4, 0.5) is 50.9 Å². The molecule has 50 heteroatoms. The molecule has 0 radical (unpaired) electrons. The van der Waals surface area contributed by atoms with Gasteiger partial charge in [-0.1, -0.05) is 181 Å². The van der Waals surface area contributed by atoms with Crippen LogP contribution in [0.15, 0.2) is 161 Å². The van der Waals surface area contributed by atoms with Crippen LogP contribution in [0, 0.1) is 54.0 Å². The van der Waals surface area contributed by atoms with E-state index in [-0.39, 0.29) is 124 Å². The zero-order valence-electron chi connectivity index (χ0n) is 81.5. The number of H-pyrrole nitrogens is 2. The van der Waals surface area contributed by atoms with Gasteiger partial charge in [0.25, 0.3) is 0 Å². The van der Waals surface area contributed by atoms with Gasteiger partial charge in [0.1, 0.15) is 44.6 Å². The molecular weight excluding hydrogens is 2170 g/mol. The highest BCUT2D eigenvalue weighted by Crippen LogP contribution is 2.35. The molecule has 2 aliphatic heterocycles. The molecular formula is C97H114Cl13N23O14. The fourth-order valence-corrected chi connectivity index (χ4v) is 17.4. The van der Waals surface area contributed by atoms with Crippen molar-refractivity contribution in [2.75, 3.05) is 92.0 Å². The molecule has 7 aromatic heterocycles. The minimum atomic E-state index is -0.619. The van der Waals surface area contributed by atoms with Gasteiger partial charge in [0.15, 0.2) is 11.3 Å². The number of benzene rings is 5. The minimum Gasteiger partial charge on any atom is -0.460 e. The number of aromatic nitrogens is 9. The van der Waals surface area contributed by atoms with Crippen molar-refractivity contribution < 1.29 is 43.4 Å². The summed E-state index contributed by atoms with van der Waals surface area (Å²) in [6, 6.07) is 41.4. The van der Waals surface area contributed by atoms with Gasteiger partial charge in [-0.25, -0.2) is 39.3 Å². The van der Waals surface area contributed by atoms with Crippen molar-refractivity contribution in [2.24, 2.45) is 46.6 Å². The molecule has 792 valence electrons. The molecule has 1 amide bonds. The Hall–Kier alpha value is -10.6. The van der Waals surface area contributed by atoms with E-state index in [0.717, 1.165) is 56.9 Å². The van der Waals surface area contributed by atoms with E-state index < -0.39 is 31.6 Å². The molecule has 37 nitrogen and oxygen atoms in total. The average molecular weight is 2290 g/mol. The lowest BCUT2D eigenvalue weighted by molar-refractivity contribution is -0.385. The Balaban J connectivity index is 0.000000217. The molecule has 0 bridgehead atoms. The number of likely N-dealkylation sites (tertiary alicyclic amines) is 1. The Morgan fingerprint density at radius 1 is 0.442 bits per heavy atom. The summed E-state index contributed by atoms with van der Waals surface area (Å²) in [6.45, 7) is 24.6. The van der Waals surface area contributed by atoms with E-state index in [1.807, 2.05) is 74.4 Å². The summed E-state index contributed by atoms with van der Waals surface area (Å²) in [5.74, 6) is 2.26. The van der Waals surface area contributed by atoms with Crippen LogP contribution in [0.5, 0.6) is 0 Å². The SMILES string of the molecule is CC(C)(C)OC(=O)C[C@@H](CCN)CNc1ccc([N+](=O)[O-])c(NCc2c(Cl)cccc2Cl)n1.CC(C)(C)OC(=O)C[C@@H](CCN)CNc1ccc2[nH]c(=O)n(Cc3c(Cl)cccc3Cl)c2n1.CC(C)(C)OC(=O)N1CC[C@@H](CN)C1.NCc1c(Cl)cccc1Cl.O=[N+]([O-])c1ccc(Cl)nc1Cl.O=[N+]([O-])c1ccc(Cl)nc1NCc1c(Cl)cccc1Cl.O=c1[nH]c2ccc(NC[C@@H]3CCNC3)nc2n1Cc1c(Cl)cccc1Cl. The van der Waals surface area contributed by atoms with E-state index >= 15 is 0 Å². The highest BCUT2D eigenvalue weighted by molar-refractivity contribution is 6.39. The van der Waals surface area contributed by atoms with Crippen LogP contribution >= 0.6 is 151 Å². The molecule has 4 atom stereocenters. The first-order valence-corrected chi connectivity index (χ1v) is 50.8. The van der Waals surface area contributed by atoms with Crippen LogP contribution in [0.2, 0.25) is 65.7 Å². The van der Waals surface area contributed by atoms with Gasteiger partial charge in [-0.05, 0) is 248 Å². The average Bonchev–Trinajstić information content (AvgIpc) is 1.64. The number of anilines is 5. The van der Waals surface area contributed by atoms with Gasteiger partial charge in [-0.3, -0.25) is 49.1 Å². The minimum absolute atomic E-state index is 0.0160. The molecule has 2 saturated heterocycles. The Morgan fingerprint density at radius 3 is 1.17 bits per heavy atom. The molecule has 16 N–H and O–H groups in total. The number of rotatable bonds is 32. The summed E-state index contributed by atoms with van der Waals surface area (Å²) < 4.78 is 19.1.